The van der Waals surface area contributed by atoms with Gasteiger partial charge in [-0.2, -0.15) is 0 Å². The molecule has 1 unspecified atom stereocenters. The van der Waals surface area contributed by atoms with Gasteiger partial charge in [0.05, 0.1) is 5.57 Å². The molecule has 0 radical (unpaired) electrons. The fourth-order valence-electron chi connectivity index (χ4n) is 1.11. The maximum absolute atomic E-state index is 10.7. The number of carboxylic acids is 1. The highest BCUT2D eigenvalue weighted by atomic mass is 16.4. The van der Waals surface area contributed by atoms with Gasteiger partial charge < -0.3 is 10.8 Å². The smallest absolute Gasteiger partial charge is 0.333 e. The maximum Gasteiger partial charge on any atom is 0.333 e. The summed E-state index contributed by atoms with van der Waals surface area (Å²) in [5.41, 5.74) is 5.17. The molecule has 0 saturated heterocycles. The maximum atomic E-state index is 10.7. The van der Waals surface area contributed by atoms with Crippen LogP contribution in [-0.4, -0.2) is 16.6 Å². The lowest BCUT2D eigenvalue weighted by atomic mass is 9.89. The van der Waals surface area contributed by atoms with Crippen LogP contribution in [0.15, 0.2) is 24.3 Å². The molecule has 0 aliphatic rings. The van der Waals surface area contributed by atoms with E-state index < -0.39 is 11.5 Å². The number of carboxylic acid groups (broad SMARTS) is 1. The molecule has 0 aliphatic heterocycles. The third-order valence-corrected chi connectivity index (χ3v) is 1.70. The topological polar surface area (TPSA) is 63.3 Å². The predicted molar refractivity (Wildman–Crippen MR) is 48.8 cm³/mol. The van der Waals surface area contributed by atoms with Crippen molar-refractivity contribution >= 4 is 5.97 Å². The van der Waals surface area contributed by atoms with E-state index in [1.54, 1.807) is 19.9 Å². The molecule has 0 aliphatic carbocycles. The van der Waals surface area contributed by atoms with Gasteiger partial charge in [0.1, 0.15) is 0 Å². The van der Waals surface area contributed by atoms with Gasteiger partial charge in [-0.05, 0) is 20.3 Å². The van der Waals surface area contributed by atoms with E-state index in [9.17, 15) is 4.79 Å². The first-order valence-electron chi connectivity index (χ1n) is 3.75. The molecule has 0 aromatic carbocycles. The van der Waals surface area contributed by atoms with Crippen LogP contribution in [0.5, 0.6) is 0 Å². The lowest BCUT2D eigenvalue weighted by Crippen LogP contribution is -2.40. The molecule has 3 heteroatoms. The first-order chi connectivity index (χ1) is 5.45. The van der Waals surface area contributed by atoms with Crippen molar-refractivity contribution in [3.8, 4) is 0 Å². The molecule has 3 N–H and O–H groups in total. The Labute approximate surface area is 72.6 Å². The molecule has 0 aromatic rings. The van der Waals surface area contributed by atoms with Crippen LogP contribution in [0.4, 0.5) is 0 Å². The zero-order valence-electron chi connectivity index (χ0n) is 7.50. The Kier molecular flexibility index (Phi) is 3.70. The van der Waals surface area contributed by atoms with Crippen LogP contribution in [0.3, 0.4) is 0 Å². The molecule has 3 nitrogen and oxygen atoms in total. The van der Waals surface area contributed by atoms with Gasteiger partial charge >= 0.3 is 5.97 Å². The van der Waals surface area contributed by atoms with Crippen molar-refractivity contribution in [1.29, 1.82) is 0 Å². The number of aliphatic carboxylic acids is 1. The Morgan fingerprint density at radius 3 is 2.50 bits per heavy atom. The van der Waals surface area contributed by atoms with Crippen molar-refractivity contribution in [1.82, 2.24) is 0 Å². The van der Waals surface area contributed by atoms with Gasteiger partial charge in [0.2, 0.25) is 0 Å². The summed E-state index contributed by atoms with van der Waals surface area (Å²) in [7, 11) is 0. The van der Waals surface area contributed by atoms with Gasteiger partial charge in [0, 0.05) is 5.54 Å². The molecule has 68 valence electrons. The van der Waals surface area contributed by atoms with E-state index in [-0.39, 0.29) is 5.57 Å². The van der Waals surface area contributed by atoms with Crippen molar-refractivity contribution in [2.24, 2.45) is 5.73 Å². The standard InChI is InChI=1S/C9H15NO2/c1-4-6-9(3,10)7(5-2)8(11)12/h4-5H,1,6,10H2,2-3H3,(H,11,12). The Morgan fingerprint density at radius 2 is 2.25 bits per heavy atom. The van der Waals surface area contributed by atoms with E-state index in [1.165, 1.54) is 6.08 Å². The first-order valence-corrected chi connectivity index (χ1v) is 3.75. The molecular weight excluding hydrogens is 154 g/mol. The molecule has 0 saturated carbocycles. The fourth-order valence-corrected chi connectivity index (χ4v) is 1.11. The molecule has 0 bridgehead atoms. The minimum atomic E-state index is -0.968. The fraction of sp³-hybridized carbons (Fsp3) is 0.444. The molecule has 0 heterocycles. The van der Waals surface area contributed by atoms with E-state index in [4.69, 9.17) is 10.8 Å². The number of carbonyl (C=O) groups is 1. The minimum Gasteiger partial charge on any atom is -0.478 e. The highest BCUT2D eigenvalue weighted by Gasteiger charge is 2.26. The molecule has 0 rings (SSSR count). The number of rotatable bonds is 4. The second-order valence-corrected chi connectivity index (χ2v) is 2.92. The average molecular weight is 169 g/mol. The van der Waals surface area contributed by atoms with Crippen LogP contribution in [0.25, 0.3) is 0 Å². The molecule has 0 fully saturated rings. The summed E-state index contributed by atoms with van der Waals surface area (Å²) in [4.78, 5) is 10.7. The summed E-state index contributed by atoms with van der Waals surface area (Å²) in [5, 5.41) is 8.75. The first kappa shape index (κ1) is 10.9. The van der Waals surface area contributed by atoms with Gasteiger partial charge in [0.25, 0.3) is 0 Å². The second kappa shape index (κ2) is 4.07. The summed E-state index contributed by atoms with van der Waals surface area (Å²) in [5.74, 6) is -0.968. The third-order valence-electron chi connectivity index (χ3n) is 1.70. The predicted octanol–water partition coefficient (Wildman–Crippen LogP) is 1.31. The van der Waals surface area contributed by atoms with Crippen LogP contribution >= 0.6 is 0 Å². The molecule has 1 atom stereocenters. The van der Waals surface area contributed by atoms with E-state index in [1.807, 2.05) is 0 Å². The van der Waals surface area contributed by atoms with Gasteiger partial charge in [-0.1, -0.05) is 12.2 Å². The molecule has 0 amide bonds. The van der Waals surface area contributed by atoms with Crippen molar-refractivity contribution in [3.63, 3.8) is 0 Å². The number of hydrogen-bond acceptors (Lipinski definition) is 2. The van der Waals surface area contributed by atoms with Crippen LogP contribution in [0, 0.1) is 0 Å². The monoisotopic (exact) mass is 169 g/mol. The highest BCUT2D eigenvalue weighted by Crippen LogP contribution is 2.17. The van der Waals surface area contributed by atoms with E-state index in [0.717, 1.165) is 0 Å². The van der Waals surface area contributed by atoms with Crippen molar-refractivity contribution in [2.75, 3.05) is 0 Å². The molecule has 0 aromatic heterocycles. The summed E-state index contributed by atoms with van der Waals surface area (Å²) in [6.45, 7) is 6.86. The van der Waals surface area contributed by atoms with Crippen LogP contribution in [0.2, 0.25) is 0 Å². The molecular formula is C9H15NO2. The lowest BCUT2D eigenvalue weighted by molar-refractivity contribution is -0.133. The highest BCUT2D eigenvalue weighted by molar-refractivity contribution is 5.89. The Hall–Kier alpha value is -1.09. The summed E-state index contributed by atoms with van der Waals surface area (Å²) >= 11 is 0. The SMILES string of the molecule is C=CCC(C)(N)C(=CC)C(=O)O. The van der Waals surface area contributed by atoms with Gasteiger partial charge in [-0.3, -0.25) is 0 Å². The zero-order valence-corrected chi connectivity index (χ0v) is 7.50. The quantitative estimate of drug-likeness (QED) is 0.492. The summed E-state index contributed by atoms with van der Waals surface area (Å²) in [6.07, 6.45) is 3.59. The van der Waals surface area contributed by atoms with Crippen molar-refractivity contribution in [2.45, 2.75) is 25.8 Å². The number of nitrogens with two attached hydrogens (primary N) is 1. The lowest BCUT2D eigenvalue weighted by Gasteiger charge is -2.23. The van der Waals surface area contributed by atoms with Gasteiger partial charge in [0.15, 0.2) is 0 Å². The number of hydrogen-bond donors (Lipinski definition) is 2. The Morgan fingerprint density at radius 1 is 1.75 bits per heavy atom. The average Bonchev–Trinajstić information content (AvgIpc) is 1.86. The summed E-state index contributed by atoms with van der Waals surface area (Å²) in [6, 6.07) is 0. The largest absolute Gasteiger partial charge is 0.478 e. The normalized spacial score (nSPS) is 16.8. The third kappa shape index (κ3) is 2.51. The van der Waals surface area contributed by atoms with Crippen molar-refractivity contribution in [3.05, 3.63) is 24.3 Å². The van der Waals surface area contributed by atoms with Gasteiger partial charge in [-0.15, -0.1) is 6.58 Å². The minimum absolute atomic E-state index is 0.224. The van der Waals surface area contributed by atoms with Crippen LogP contribution in [-0.2, 0) is 4.79 Å². The summed E-state index contributed by atoms with van der Waals surface area (Å²) < 4.78 is 0. The Bertz CT molecular complexity index is 217. The van der Waals surface area contributed by atoms with Crippen molar-refractivity contribution < 1.29 is 9.90 Å². The van der Waals surface area contributed by atoms with Gasteiger partial charge in [-0.25, -0.2) is 4.79 Å². The van der Waals surface area contributed by atoms with Crippen LogP contribution < -0.4 is 5.73 Å². The molecule has 12 heavy (non-hydrogen) atoms. The zero-order chi connectivity index (χ0) is 9.78. The van der Waals surface area contributed by atoms with E-state index >= 15 is 0 Å². The second-order valence-electron chi connectivity index (χ2n) is 2.92. The number of allylic oxidation sites excluding steroid dienone is 1. The Balaban J connectivity index is 4.72. The van der Waals surface area contributed by atoms with E-state index in [0.29, 0.717) is 6.42 Å². The van der Waals surface area contributed by atoms with Crippen LogP contribution in [0.1, 0.15) is 20.3 Å². The van der Waals surface area contributed by atoms with E-state index in [2.05, 4.69) is 6.58 Å². The molecule has 0 spiro atoms.